The van der Waals surface area contributed by atoms with Crippen LogP contribution in [0.1, 0.15) is 12.8 Å². The molecule has 0 radical (unpaired) electrons. The van der Waals surface area contributed by atoms with Crippen molar-refractivity contribution < 1.29 is 13.6 Å². The third-order valence-corrected chi connectivity index (χ3v) is 1.87. The van der Waals surface area contributed by atoms with Crippen LogP contribution in [0.4, 0.5) is 8.78 Å². The molecule has 0 aromatic heterocycles. The number of nitrogens with zero attached hydrogens (tertiary/aromatic N) is 1. The summed E-state index contributed by atoms with van der Waals surface area (Å²) < 4.78 is 24.1. The zero-order valence-corrected chi connectivity index (χ0v) is 5.96. The van der Waals surface area contributed by atoms with Gasteiger partial charge in [0.15, 0.2) is 0 Å². The molecule has 1 heterocycles. The molecule has 1 unspecified atom stereocenters. The van der Waals surface area contributed by atoms with E-state index in [1.807, 2.05) is 0 Å². The van der Waals surface area contributed by atoms with E-state index in [4.69, 9.17) is 5.73 Å². The monoisotopic (exact) mass is 164 g/mol. The van der Waals surface area contributed by atoms with E-state index in [-0.39, 0.29) is 6.54 Å². The lowest BCUT2D eigenvalue weighted by Crippen LogP contribution is -2.42. The molecule has 1 rings (SSSR count). The molecular weight excluding hydrogens is 154 g/mol. The van der Waals surface area contributed by atoms with Crippen molar-refractivity contribution in [2.24, 2.45) is 5.73 Å². The number of carbonyl (C=O) groups excluding carboxylic acids is 1. The lowest BCUT2D eigenvalue weighted by Gasteiger charge is -2.19. The molecule has 1 fully saturated rings. The van der Waals surface area contributed by atoms with Crippen LogP contribution in [0.2, 0.25) is 0 Å². The predicted octanol–water partition coefficient (Wildman–Crippen LogP) is 0.159. The second-order valence-corrected chi connectivity index (χ2v) is 2.58. The first-order valence-corrected chi connectivity index (χ1v) is 3.46. The fraction of sp³-hybridized carbons (Fsp3) is 0.833. The van der Waals surface area contributed by atoms with Gasteiger partial charge in [-0.1, -0.05) is 0 Å². The molecule has 11 heavy (non-hydrogen) atoms. The van der Waals surface area contributed by atoms with E-state index in [9.17, 15) is 13.6 Å². The van der Waals surface area contributed by atoms with Gasteiger partial charge in [0.1, 0.15) is 0 Å². The van der Waals surface area contributed by atoms with E-state index >= 15 is 0 Å². The molecule has 0 spiro atoms. The largest absolute Gasteiger partial charge is 0.368 e. The van der Waals surface area contributed by atoms with Crippen LogP contribution in [-0.4, -0.2) is 29.9 Å². The van der Waals surface area contributed by atoms with Crippen LogP contribution in [0.15, 0.2) is 0 Å². The molecule has 1 amide bonds. The summed E-state index contributed by atoms with van der Waals surface area (Å²) in [4.78, 5) is 11.4. The lowest BCUT2D eigenvalue weighted by atomic mass is 10.2. The van der Waals surface area contributed by atoms with Crippen LogP contribution >= 0.6 is 0 Å². The van der Waals surface area contributed by atoms with E-state index in [0.717, 1.165) is 4.90 Å². The summed E-state index contributed by atoms with van der Waals surface area (Å²) in [5.74, 6) is -0.650. The van der Waals surface area contributed by atoms with Gasteiger partial charge < -0.3 is 5.73 Å². The van der Waals surface area contributed by atoms with Gasteiger partial charge in [0, 0.05) is 6.54 Å². The second-order valence-electron chi connectivity index (χ2n) is 2.58. The van der Waals surface area contributed by atoms with Crippen LogP contribution in [0.25, 0.3) is 0 Å². The zero-order chi connectivity index (χ0) is 8.43. The highest BCUT2D eigenvalue weighted by Crippen LogP contribution is 2.20. The molecule has 0 aliphatic carbocycles. The molecule has 0 aromatic carbocycles. The smallest absolute Gasteiger partial charge is 0.295 e. The molecule has 1 atom stereocenters. The van der Waals surface area contributed by atoms with Crippen molar-refractivity contribution in [2.45, 2.75) is 25.4 Å². The van der Waals surface area contributed by atoms with Crippen LogP contribution in [0, 0.1) is 0 Å². The number of hydrogen-bond donors (Lipinski definition) is 1. The van der Waals surface area contributed by atoms with E-state index < -0.39 is 18.5 Å². The average Bonchev–Trinajstić information content (AvgIpc) is 2.32. The number of hydrogen-bond acceptors (Lipinski definition) is 2. The third-order valence-electron chi connectivity index (χ3n) is 1.87. The Morgan fingerprint density at radius 2 is 2.27 bits per heavy atom. The fourth-order valence-corrected chi connectivity index (χ4v) is 1.33. The van der Waals surface area contributed by atoms with Crippen molar-refractivity contribution in [3.8, 4) is 0 Å². The Morgan fingerprint density at radius 1 is 1.64 bits per heavy atom. The summed E-state index contributed by atoms with van der Waals surface area (Å²) in [6.45, 7) is -2.29. The Labute approximate surface area is 63.2 Å². The summed E-state index contributed by atoms with van der Waals surface area (Å²) in [6.07, 6.45) is 1.08. The van der Waals surface area contributed by atoms with Gasteiger partial charge in [0.2, 0.25) is 5.91 Å². The van der Waals surface area contributed by atoms with Gasteiger partial charge in [-0.15, -0.1) is 0 Å². The normalized spacial score (nSPS) is 26.3. The van der Waals surface area contributed by atoms with Crippen molar-refractivity contribution >= 4 is 5.91 Å². The lowest BCUT2D eigenvalue weighted by molar-refractivity contribution is -0.128. The van der Waals surface area contributed by atoms with E-state index in [2.05, 4.69) is 0 Å². The van der Waals surface area contributed by atoms with E-state index in [1.54, 1.807) is 0 Å². The Balaban J connectivity index is 2.58. The van der Waals surface area contributed by atoms with Gasteiger partial charge in [-0.25, -0.2) is 4.90 Å². The number of carbonyl (C=O) groups is 1. The number of alkyl halides is 2. The minimum Gasteiger partial charge on any atom is -0.368 e. The van der Waals surface area contributed by atoms with Crippen molar-refractivity contribution in [3.05, 3.63) is 0 Å². The molecule has 3 nitrogen and oxygen atoms in total. The molecule has 0 bridgehead atoms. The Morgan fingerprint density at radius 3 is 2.64 bits per heavy atom. The number of primary amides is 1. The second kappa shape index (κ2) is 3.13. The van der Waals surface area contributed by atoms with Crippen LogP contribution < -0.4 is 5.73 Å². The fourth-order valence-electron chi connectivity index (χ4n) is 1.33. The maximum absolute atomic E-state index is 12.1. The zero-order valence-electron chi connectivity index (χ0n) is 5.96. The summed E-state index contributed by atoms with van der Waals surface area (Å²) in [7, 11) is 0. The summed E-state index contributed by atoms with van der Waals surface area (Å²) in [5.41, 5.74) is 4.91. The highest BCUT2D eigenvalue weighted by Gasteiger charge is 2.34. The minimum absolute atomic E-state index is 0.269. The summed E-state index contributed by atoms with van der Waals surface area (Å²) >= 11 is 0. The highest BCUT2D eigenvalue weighted by molar-refractivity contribution is 5.80. The van der Waals surface area contributed by atoms with Gasteiger partial charge in [0.05, 0.1) is 6.04 Å². The number of halogens is 2. The van der Waals surface area contributed by atoms with Crippen molar-refractivity contribution in [1.82, 2.24) is 4.90 Å². The van der Waals surface area contributed by atoms with Crippen molar-refractivity contribution in [1.29, 1.82) is 0 Å². The quantitative estimate of drug-likeness (QED) is 0.591. The molecular formula is C6H10F2N2O. The molecule has 1 aliphatic rings. The molecule has 0 aromatic rings. The Hall–Kier alpha value is -0.710. The Bertz CT molecular complexity index is 163. The molecule has 2 N–H and O–H groups in total. The van der Waals surface area contributed by atoms with Crippen LogP contribution in [-0.2, 0) is 4.79 Å². The summed E-state index contributed by atoms with van der Waals surface area (Å²) in [6, 6.07) is -0.755. The van der Waals surface area contributed by atoms with Gasteiger partial charge in [0.25, 0.3) is 6.55 Å². The van der Waals surface area contributed by atoms with Gasteiger partial charge in [-0.05, 0) is 12.8 Å². The highest BCUT2D eigenvalue weighted by atomic mass is 19.3. The maximum atomic E-state index is 12.1. The molecule has 1 aliphatic heterocycles. The first-order chi connectivity index (χ1) is 5.13. The minimum atomic E-state index is -2.56. The average molecular weight is 164 g/mol. The molecule has 64 valence electrons. The maximum Gasteiger partial charge on any atom is 0.295 e. The van der Waals surface area contributed by atoms with Gasteiger partial charge in [-0.2, -0.15) is 8.78 Å². The van der Waals surface area contributed by atoms with Crippen LogP contribution in [0.5, 0.6) is 0 Å². The molecule has 1 saturated heterocycles. The van der Waals surface area contributed by atoms with Gasteiger partial charge >= 0.3 is 0 Å². The van der Waals surface area contributed by atoms with Crippen molar-refractivity contribution in [2.75, 3.05) is 6.54 Å². The topological polar surface area (TPSA) is 46.3 Å². The SMILES string of the molecule is NC(=O)C1CCCN1C(F)F. The first-order valence-electron chi connectivity index (χ1n) is 3.46. The number of rotatable bonds is 2. The van der Waals surface area contributed by atoms with E-state index in [1.165, 1.54) is 0 Å². The first kappa shape index (κ1) is 8.39. The number of likely N-dealkylation sites (tertiary alicyclic amines) is 1. The van der Waals surface area contributed by atoms with E-state index in [0.29, 0.717) is 12.8 Å². The molecule has 5 heteroatoms. The van der Waals surface area contributed by atoms with Crippen molar-refractivity contribution in [3.63, 3.8) is 0 Å². The van der Waals surface area contributed by atoms with Gasteiger partial charge in [-0.3, -0.25) is 4.79 Å². The molecule has 0 saturated carbocycles. The Kier molecular flexibility index (Phi) is 2.38. The van der Waals surface area contributed by atoms with Crippen LogP contribution in [0.3, 0.4) is 0 Å². The number of nitrogens with two attached hydrogens (primary N) is 1. The third kappa shape index (κ3) is 1.65. The standard InChI is InChI=1S/C6H10F2N2O/c7-6(8)10-3-1-2-4(10)5(9)11/h4,6H,1-3H2,(H2,9,11). The summed E-state index contributed by atoms with van der Waals surface area (Å²) in [5, 5.41) is 0. The number of amides is 1. The predicted molar refractivity (Wildman–Crippen MR) is 34.9 cm³/mol.